The molecule has 57 heavy (non-hydrogen) atoms. The number of nitro groups is 1. The van der Waals surface area contributed by atoms with Crippen LogP contribution in [-0.4, -0.2) is 59.6 Å². The van der Waals surface area contributed by atoms with Crippen LogP contribution < -0.4 is 5.32 Å². The van der Waals surface area contributed by atoms with Gasteiger partial charge in [-0.05, 0) is 69.4 Å². The normalized spacial score (nSPS) is 12.6. The summed E-state index contributed by atoms with van der Waals surface area (Å²) in [6, 6.07) is 26.1. The number of fused-ring (bicyclic) bond motifs is 2. The van der Waals surface area contributed by atoms with Gasteiger partial charge in [-0.15, -0.1) is 0 Å². The van der Waals surface area contributed by atoms with E-state index in [1.165, 1.54) is 24.5 Å². The summed E-state index contributed by atoms with van der Waals surface area (Å²) in [5, 5.41) is 23.2. The summed E-state index contributed by atoms with van der Waals surface area (Å²) < 4.78 is 20.0. The minimum atomic E-state index is -0.400. The zero-order chi connectivity index (χ0) is 39.6. The number of non-ortho nitro benzene ring substituents is 1. The lowest BCUT2D eigenvalue weighted by Gasteiger charge is -2.11. The van der Waals surface area contributed by atoms with Gasteiger partial charge in [-0.3, -0.25) is 10.1 Å². The molecule has 5 heterocycles. The number of nitrogens with one attached hydrogen (secondary N) is 1. The van der Waals surface area contributed by atoms with Crippen molar-refractivity contribution in [3.05, 3.63) is 135 Å². The SMILES string of the molecule is COCCNc1nc2c([N+](=O)[O-])cc(-c3c(C)noc3C)cc2n1Cc1ccccc1.Cc1noc(C)c1-c1cnc2nc(C3CC3)n(Cc3ccccc3)c2c1. The van der Waals surface area contributed by atoms with Gasteiger partial charge in [0.2, 0.25) is 5.95 Å². The first-order valence-electron chi connectivity index (χ1n) is 18.9. The maximum atomic E-state index is 11.9. The molecule has 0 aliphatic heterocycles. The standard InChI is InChI=1S/C22H23N5O4.C21H20N4O/c1-14-20(15(2)31-25-14)17-11-18-21(19(12-17)27(28)29)24-22(23-9-10-30-3)26(18)13-16-7-5-4-6-8-16;1-13-19(14(2)26-24-13)17-10-18-20(22-11-17)23-21(16-8-9-16)25(18)12-15-6-4-3-5-7-15/h4-8,11-12H,9-10,13H2,1-3H3,(H,23,24);3-7,10-11,16H,8-9,12H2,1-2H3. The van der Waals surface area contributed by atoms with Crippen LogP contribution in [0.3, 0.4) is 0 Å². The Kier molecular flexibility index (Phi) is 10.3. The number of imidazole rings is 2. The third-order valence-corrected chi connectivity index (χ3v) is 10.2. The third-order valence-electron chi connectivity index (χ3n) is 10.2. The maximum absolute atomic E-state index is 11.9. The zero-order valence-corrected chi connectivity index (χ0v) is 32.5. The predicted octanol–water partition coefficient (Wildman–Crippen LogP) is 8.95. The molecule has 1 saturated carbocycles. The second-order valence-electron chi connectivity index (χ2n) is 14.3. The van der Waals surface area contributed by atoms with Gasteiger partial charge in [0.15, 0.2) is 11.2 Å². The molecule has 1 aliphatic rings. The molecule has 0 bridgehead atoms. The monoisotopic (exact) mass is 765 g/mol. The summed E-state index contributed by atoms with van der Waals surface area (Å²) in [5.74, 6) is 3.71. The number of hydrogen-bond acceptors (Lipinski definition) is 11. The average molecular weight is 766 g/mol. The van der Waals surface area contributed by atoms with Crippen molar-refractivity contribution < 1.29 is 18.7 Å². The third kappa shape index (κ3) is 7.63. The number of nitro benzene ring substituents is 1. The van der Waals surface area contributed by atoms with Gasteiger partial charge < -0.3 is 28.2 Å². The molecule has 5 aromatic heterocycles. The number of hydrogen-bond donors (Lipinski definition) is 1. The number of anilines is 1. The Morgan fingerprint density at radius 1 is 0.807 bits per heavy atom. The summed E-state index contributed by atoms with van der Waals surface area (Å²) in [4.78, 5) is 25.6. The van der Waals surface area contributed by atoms with Crippen LogP contribution in [0, 0.1) is 37.8 Å². The van der Waals surface area contributed by atoms with E-state index in [9.17, 15) is 10.1 Å². The van der Waals surface area contributed by atoms with Crippen molar-refractivity contribution in [2.45, 2.75) is 59.5 Å². The molecular weight excluding hydrogens is 723 g/mol. The van der Waals surface area contributed by atoms with Crippen LogP contribution in [0.1, 0.15) is 58.6 Å². The second kappa shape index (κ2) is 15.8. The van der Waals surface area contributed by atoms with Gasteiger partial charge >= 0.3 is 0 Å². The molecule has 1 fully saturated rings. The van der Waals surface area contributed by atoms with Crippen LogP contribution in [0.4, 0.5) is 11.6 Å². The van der Waals surface area contributed by atoms with E-state index in [0.29, 0.717) is 59.6 Å². The fraction of sp³-hybridized carbons (Fsp3) is 0.279. The van der Waals surface area contributed by atoms with E-state index in [-0.39, 0.29) is 5.69 Å². The van der Waals surface area contributed by atoms with Crippen molar-refractivity contribution in [1.82, 2.24) is 34.4 Å². The lowest BCUT2D eigenvalue weighted by atomic mass is 10.0. The molecule has 0 spiro atoms. The lowest BCUT2D eigenvalue weighted by molar-refractivity contribution is -0.383. The molecule has 0 amide bonds. The number of benzene rings is 3. The van der Waals surface area contributed by atoms with Crippen molar-refractivity contribution in [3.8, 4) is 22.3 Å². The van der Waals surface area contributed by atoms with Gasteiger partial charge in [0.05, 0.1) is 40.5 Å². The number of aryl methyl sites for hydroxylation is 4. The van der Waals surface area contributed by atoms with Crippen LogP contribution in [0.5, 0.6) is 0 Å². The zero-order valence-electron chi connectivity index (χ0n) is 32.5. The highest BCUT2D eigenvalue weighted by atomic mass is 16.6. The number of pyridine rings is 1. The first kappa shape index (κ1) is 37.3. The number of rotatable bonds is 12. The Hall–Kier alpha value is -6.67. The molecule has 8 aromatic rings. The van der Waals surface area contributed by atoms with Crippen LogP contribution in [-0.2, 0) is 17.8 Å². The first-order chi connectivity index (χ1) is 27.7. The van der Waals surface area contributed by atoms with Crippen molar-refractivity contribution in [1.29, 1.82) is 0 Å². The van der Waals surface area contributed by atoms with E-state index in [1.807, 2.05) is 67.9 Å². The van der Waals surface area contributed by atoms with Crippen LogP contribution >= 0.6 is 0 Å². The summed E-state index contributed by atoms with van der Waals surface area (Å²) >= 11 is 0. The van der Waals surface area contributed by atoms with Crippen molar-refractivity contribution >= 4 is 33.8 Å². The molecule has 14 heteroatoms. The van der Waals surface area contributed by atoms with Gasteiger partial charge in [-0.25, -0.2) is 15.0 Å². The quantitative estimate of drug-likeness (QED) is 0.0717. The van der Waals surface area contributed by atoms with Gasteiger partial charge in [0, 0.05) is 55.1 Å². The highest BCUT2D eigenvalue weighted by Crippen LogP contribution is 2.41. The second-order valence-corrected chi connectivity index (χ2v) is 14.3. The Morgan fingerprint density at radius 2 is 1.40 bits per heavy atom. The molecule has 1 aliphatic carbocycles. The number of methoxy groups -OCH3 is 1. The Balaban J connectivity index is 0.000000162. The molecule has 1 N–H and O–H groups in total. The van der Waals surface area contributed by atoms with Crippen molar-refractivity contribution in [2.75, 3.05) is 25.6 Å². The molecule has 0 saturated heterocycles. The Labute approximate surface area is 328 Å². The minimum absolute atomic E-state index is 0.0610. The van der Waals surface area contributed by atoms with E-state index < -0.39 is 4.92 Å². The van der Waals surface area contributed by atoms with Gasteiger partial charge in [-0.1, -0.05) is 71.0 Å². The fourth-order valence-electron chi connectivity index (χ4n) is 7.35. The highest BCUT2D eigenvalue weighted by molar-refractivity contribution is 5.92. The summed E-state index contributed by atoms with van der Waals surface area (Å²) in [6.07, 6.45) is 4.31. The minimum Gasteiger partial charge on any atom is -0.383 e. The molecule has 0 radical (unpaired) electrons. The first-order valence-corrected chi connectivity index (χ1v) is 18.9. The fourth-order valence-corrected chi connectivity index (χ4v) is 7.35. The number of nitrogens with zero attached hydrogens (tertiary/aromatic N) is 8. The van der Waals surface area contributed by atoms with E-state index in [1.54, 1.807) is 14.0 Å². The molecule has 0 atom stereocenters. The van der Waals surface area contributed by atoms with Gasteiger partial charge in [0.25, 0.3) is 5.69 Å². The van der Waals surface area contributed by atoms with Gasteiger partial charge in [0.1, 0.15) is 17.3 Å². The molecular formula is C43H43N9O5. The topological polar surface area (TPSA) is 165 Å². The highest BCUT2D eigenvalue weighted by Gasteiger charge is 2.30. The van der Waals surface area contributed by atoms with Crippen molar-refractivity contribution in [2.24, 2.45) is 0 Å². The van der Waals surface area contributed by atoms with Crippen LogP contribution in [0.15, 0.2) is 94.1 Å². The molecule has 0 unspecified atom stereocenters. The van der Waals surface area contributed by atoms with Gasteiger partial charge in [-0.2, -0.15) is 0 Å². The van der Waals surface area contributed by atoms with Crippen LogP contribution in [0.2, 0.25) is 0 Å². The van der Waals surface area contributed by atoms with E-state index in [0.717, 1.165) is 57.2 Å². The predicted molar refractivity (Wildman–Crippen MR) is 217 cm³/mol. The summed E-state index contributed by atoms with van der Waals surface area (Å²) in [5.41, 5.74) is 10.2. The molecule has 9 rings (SSSR count). The Bertz CT molecular complexity index is 2650. The summed E-state index contributed by atoms with van der Waals surface area (Å²) in [7, 11) is 1.62. The van der Waals surface area contributed by atoms with E-state index in [4.69, 9.17) is 18.8 Å². The number of aromatic nitrogens is 7. The van der Waals surface area contributed by atoms with E-state index in [2.05, 4.69) is 66.6 Å². The largest absolute Gasteiger partial charge is 0.383 e. The smallest absolute Gasteiger partial charge is 0.297 e. The number of ether oxygens (including phenoxy) is 1. The summed E-state index contributed by atoms with van der Waals surface area (Å²) in [6.45, 7) is 9.86. The maximum Gasteiger partial charge on any atom is 0.297 e. The van der Waals surface area contributed by atoms with E-state index >= 15 is 0 Å². The van der Waals surface area contributed by atoms with Crippen LogP contribution in [0.25, 0.3) is 44.5 Å². The lowest BCUT2D eigenvalue weighted by Crippen LogP contribution is -2.13. The molecule has 14 nitrogen and oxygen atoms in total. The molecule has 3 aromatic carbocycles. The Morgan fingerprint density at radius 3 is 1.96 bits per heavy atom. The average Bonchev–Trinajstić information content (AvgIpc) is 3.66. The molecule has 290 valence electrons. The van der Waals surface area contributed by atoms with Crippen molar-refractivity contribution in [3.63, 3.8) is 0 Å².